The van der Waals surface area contributed by atoms with E-state index in [9.17, 15) is 24.0 Å². The lowest BCUT2D eigenvalue weighted by Crippen LogP contribution is -2.46. The molecule has 0 aliphatic carbocycles. The monoisotopic (exact) mass is 419 g/mol. The van der Waals surface area contributed by atoms with Crippen molar-refractivity contribution >= 4 is 35.5 Å². The average molecular weight is 419 g/mol. The van der Waals surface area contributed by atoms with Gasteiger partial charge in [0.2, 0.25) is 0 Å². The molecule has 2 rings (SSSR count). The predicted molar refractivity (Wildman–Crippen MR) is 106 cm³/mol. The molecule has 0 saturated carbocycles. The third kappa shape index (κ3) is 4.94. The number of urea groups is 1. The van der Waals surface area contributed by atoms with E-state index in [4.69, 9.17) is 9.47 Å². The van der Waals surface area contributed by atoms with E-state index >= 15 is 0 Å². The molecule has 10 nitrogen and oxygen atoms in total. The van der Waals surface area contributed by atoms with Gasteiger partial charge in [-0.3, -0.25) is 19.3 Å². The quantitative estimate of drug-likeness (QED) is 0.457. The fourth-order valence-corrected chi connectivity index (χ4v) is 3.04. The number of hydrogen-bond acceptors (Lipinski definition) is 7. The van der Waals surface area contributed by atoms with Crippen molar-refractivity contribution in [3.05, 3.63) is 29.8 Å². The van der Waals surface area contributed by atoms with Crippen LogP contribution in [0.4, 0.5) is 10.5 Å². The number of hydrogen-bond donors (Lipinski definition) is 2. The molecule has 1 heterocycles. The standard InChI is InChI=1S/C20H25N3O7/c1-4-20(5-2)18(27)23(19(28)22-20)11-16(25)30-12-15(24)21-14-10-8-7-9-13(14)17(26)29-6-3/h7-10H,4-6,11-12H2,1-3H3,(H,21,24)(H,22,28). The Kier molecular flexibility index (Phi) is 7.51. The maximum absolute atomic E-state index is 12.5. The molecule has 1 aromatic carbocycles. The van der Waals surface area contributed by atoms with Crippen molar-refractivity contribution in [1.29, 1.82) is 0 Å². The summed E-state index contributed by atoms with van der Waals surface area (Å²) < 4.78 is 9.80. The maximum atomic E-state index is 12.5. The number of nitrogens with one attached hydrogen (secondary N) is 2. The summed E-state index contributed by atoms with van der Waals surface area (Å²) in [6.07, 6.45) is 0.782. The van der Waals surface area contributed by atoms with Crippen molar-refractivity contribution in [3.63, 3.8) is 0 Å². The van der Waals surface area contributed by atoms with Crippen molar-refractivity contribution in [2.75, 3.05) is 25.1 Å². The van der Waals surface area contributed by atoms with Crippen molar-refractivity contribution in [2.24, 2.45) is 0 Å². The number of esters is 2. The highest BCUT2D eigenvalue weighted by Crippen LogP contribution is 2.24. The molecule has 0 spiro atoms. The Morgan fingerprint density at radius 3 is 2.33 bits per heavy atom. The second kappa shape index (κ2) is 9.86. The zero-order valence-corrected chi connectivity index (χ0v) is 17.1. The molecular formula is C20H25N3O7. The maximum Gasteiger partial charge on any atom is 0.340 e. The molecule has 2 N–H and O–H groups in total. The van der Waals surface area contributed by atoms with Gasteiger partial charge in [0.1, 0.15) is 12.1 Å². The highest BCUT2D eigenvalue weighted by molar-refractivity contribution is 6.08. The summed E-state index contributed by atoms with van der Waals surface area (Å²) >= 11 is 0. The molecule has 10 heteroatoms. The van der Waals surface area contributed by atoms with Crippen LogP contribution in [0.5, 0.6) is 0 Å². The van der Waals surface area contributed by atoms with Gasteiger partial charge in [0, 0.05) is 0 Å². The number of carbonyl (C=O) groups excluding carboxylic acids is 5. The molecule has 4 amide bonds. The van der Waals surface area contributed by atoms with Crippen LogP contribution in [0.3, 0.4) is 0 Å². The summed E-state index contributed by atoms with van der Waals surface area (Å²) in [6.45, 7) is 4.13. The summed E-state index contributed by atoms with van der Waals surface area (Å²) in [5, 5.41) is 5.07. The molecule has 1 fully saturated rings. The number of para-hydroxylation sites is 1. The van der Waals surface area contributed by atoms with Gasteiger partial charge < -0.3 is 20.1 Å². The summed E-state index contributed by atoms with van der Waals surface area (Å²) in [5.41, 5.74) is -0.651. The molecule has 1 aliphatic heterocycles. The van der Waals surface area contributed by atoms with E-state index < -0.39 is 48.5 Å². The first-order valence-electron chi connectivity index (χ1n) is 9.63. The molecule has 0 aromatic heterocycles. The zero-order valence-electron chi connectivity index (χ0n) is 17.1. The fraction of sp³-hybridized carbons (Fsp3) is 0.450. The lowest BCUT2D eigenvalue weighted by atomic mass is 9.93. The Hall–Kier alpha value is -3.43. The summed E-state index contributed by atoms with van der Waals surface area (Å²) in [4.78, 5) is 61.4. The predicted octanol–water partition coefficient (Wildman–Crippen LogP) is 1.46. The van der Waals surface area contributed by atoms with Gasteiger partial charge in [-0.1, -0.05) is 26.0 Å². The van der Waals surface area contributed by atoms with E-state index in [1.165, 1.54) is 12.1 Å². The van der Waals surface area contributed by atoms with Crippen LogP contribution in [0.15, 0.2) is 24.3 Å². The second-order valence-corrected chi connectivity index (χ2v) is 6.59. The third-order valence-corrected chi connectivity index (χ3v) is 4.80. The highest BCUT2D eigenvalue weighted by atomic mass is 16.5. The van der Waals surface area contributed by atoms with Gasteiger partial charge in [0.05, 0.1) is 17.9 Å². The van der Waals surface area contributed by atoms with Crippen molar-refractivity contribution in [1.82, 2.24) is 10.2 Å². The molecule has 1 aliphatic rings. The van der Waals surface area contributed by atoms with Crippen LogP contribution in [-0.4, -0.2) is 60.0 Å². The number of carbonyl (C=O) groups is 5. The molecular weight excluding hydrogens is 394 g/mol. The first-order chi connectivity index (χ1) is 14.3. The third-order valence-electron chi connectivity index (χ3n) is 4.80. The number of benzene rings is 1. The van der Waals surface area contributed by atoms with Crippen molar-refractivity contribution in [3.8, 4) is 0 Å². The van der Waals surface area contributed by atoms with Crippen LogP contribution >= 0.6 is 0 Å². The van der Waals surface area contributed by atoms with E-state index in [1.807, 2.05) is 0 Å². The Morgan fingerprint density at radius 2 is 1.73 bits per heavy atom. The van der Waals surface area contributed by atoms with Gasteiger partial charge >= 0.3 is 18.0 Å². The summed E-state index contributed by atoms with van der Waals surface area (Å²) in [6, 6.07) is 5.56. The SMILES string of the molecule is CCOC(=O)c1ccccc1NC(=O)COC(=O)CN1C(=O)NC(CC)(CC)C1=O. The Balaban J connectivity index is 1.92. The number of amides is 4. The Morgan fingerprint density at radius 1 is 1.07 bits per heavy atom. The van der Waals surface area contributed by atoms with Crippen molar-refractivity contribution in [2.45, 2.75) is 39.2 Å². The topological polar surface area (TPSA) is 131 Å². The number of ether oxygens (including phenoxy) is 2. The first kappa shape index (κ1) is 22.9. The highest BCUT2D eigenvalue weighted by Gasteiger charge is 2.49. The number of anilines is 1. The first-order valence-corrected chi connectivity index (χ1v) is 9.63. The van der Waals surface area contributed by atoms with Crippen LogP contribution in [0.1, 0.15) is 44.0 Å². The smallest absolute Gasteiger partial charge is 0.340 e. The molecule has 0 unspecified atom stereocenters. The van der Waals surface area contributed by atoms with Crippen LogP contribution in [0, 0.1) is 0 Å². The average Bonchev–Trinajstić information content (AvgIpc) is 2.97. The van der Waals surface area contributed by atoms with E-state index in [1.54, 1.807) is 32.9 Å². The summed E-state index contributed by atoms with van der Waals surface area (Å²) in [7, 11) is 0. The van der Waals surface area contributed by atoms with Crippen LogP contribution in [0.2, 0.25) is 0 Å². The van der Waals surface area contributed by atoms with E-state index in [0.29, 0.717) is 12.8 Å². The molecule has 30 heavy (non-hydrogen) atoms. The normalized spacial score (nSPS) is 14.8. The largest absolute Gasteiger partial charge is 0.462 e. The van der Waals surface area contributed by atoms with Gasteiger partial charge in [-0.05, 0) is 31.9 Å². The number of nitrogens with zero attached hydrogens (tertiary/aromatic N) is 1. The minimum Gasteiger partial charge on any atom is -0.462 e. The van der Waals surface area contributed by atoms with Crippen LogP contribution < -0.4 is 10.6 Å². The lowest BCUT2D eigenvalue weighted by molar-refractivity contribution is -0.150. The molecule has 0 atom stereocenters. The molecule has 1 saturated heterocycles. The Bertz CT molecular complexity index is 849. The van der Waals surface area contributed by atoms with E-state index in [0.717, 1.165) is 4.90 Å². The van der Waals surface area contributed by atoms with Gasteiger partial charge in [-0.15, -0.1) is 0 Å². The van der Waals surface area contributed by atoms with Crippen LogP contribution in [0.25, 0.3) is 0 Å². The zero-order chi connectivity index (χ0) is 22.3. The number of imide groups is 1. The van der Waals surface area contributed by atoms with Crippen molar-refractivity contribution < 1.29 is 33.4 Å². The fourth-order valence-electron chi connectivity index (χ4n) is 3.04. The summed E-state index contributed by atoms with van der Waals surface area (Å²) in [5.74, 6) is -2.69. The van der Waals surface area contributed by atoms with E-state index in [2.05, 4.69) is 10.6 Å². The molecule has 0 bridgehead atoms. The van der Waals surface area contributed by atoms with Gasteiger partial charge in [0.15, 0.2) is 6.61 Å². The van der Waals surface area contributed by atoms with Gasteiger partial charge in [-0.25, -0.2) is 9.59 Å². The molecule has 162 valence electrons. The number of rotatable bonds is 9. The van der Waals surface area contributed by atoms with Crippen LogP contribution in [-0.2, 0) is 23.9 Å². The lowest BCUT2D eigenvalue weighted by Gasteiger charge is -2.22. The minimum atomic E-state index is -1.02. The van der Waals surface area contributed by atoms with Gasteiger partial charge in [0.25, 0.3) is 11.8 Å². The molecule has 1 aromatic rings. The van der Waals surface area contributed by atoms with Gasteiger partial charge in [-0.2, -0.15) is 0 Å². The minimum absolute atomic E-state index is 0.161. The second-order valence-electron chi connectivity index (χ2n) is 6.59. The van der Waals surface area contributed by atoms with E-state index in [-0.39, 0.29) is 17.9 Å². The Labute approximate surface area is 173 Å². The molecule has 0 radical (unpaired) electrons.